The number of carbonyl (C=O) groups excluding carboxylic acids is 1. The maximum absolute atomic E-state index is 15.5. The summed E-state index contributed by atoms with van der Waals surface area (Å²) in [7, 11) is 0. The second-order valence-electron chi connectivity index (χ2n) is 10.3. The molecule has 0 spiro atoms. The largest absolute Gasteiger partial charge is 0.459 e. The number of carbonyl (C=O) groups is 1. The first-order chi connectivity index (χ1) is 16.2. The molecule has 190 valence electrons. The Morgan fingerprint density at radius 2 is 1.86 bits per heavy atom. The molecule has 1 aliphatic heterocycles. The Labute approximate surface area is 216 Å². The lowest BCUT2D eigenvalue weighted by atomic mass is 9.71. The van der Waals surface area contributed by atoms with Crippen molar-refractivity contribution in [2.45, 2.75) is 70.7 Å². The molecule has 4 nitrogen and oxygen atoms in total. The van der Waals surface area contributed by atoms with Crippen LogP contribution >= 0.6 is 23.2 Å². The number of ether oxygens (including phenoxy) is 1. The van der Waals surface area contributed by atoms with Crippen molar-refractivity contribution in [3.05, 3.63) is 80.9 Å². The molecular weight excluding hydrogens is 493 g/mol. The van der Waals surface area contributed by atoms with Gasteiger partial charge >= 0.3 is 5.97 Å². The summed E-state index contributed by atoms with van der Waals surface area (Å²) in [5.74, 6) is -2.91. The minimum Gasteiger partial charge on any atom is -0.459 e. The molecule has 0 bridgehead atoms. The van der Waals surface area contributed by atoms with Crippen LogP contribution in [0.3, 0.4) is 0 Å². The first-order valence-electron chi connectivity index (χ1n) is 11.5. The number of esters is 1. The second-order valence-corrected chi connectivity index (χ2v) is 11.2. The van der Waals surface area contributed by atoms with Gasteiger partial charge in [0.15, 0.2) is 0 Å². The fraction of sp³-hybridized carbons (Fsp3) is 0.444. The van der Waals surface area contributed by atoms with Crippen LogP contribution in [0.4, 0.5) is 8.78 Å². The van der Waals surface area contributed by atoms with Gasteiger partial charge in [0.05, 0.1) is 10.6 Å². The van der Waals surface area contributed by atoms with Gasteiger partial charge in [-0.3, -0.25) is 9.69 Å². The van der Waals surface area contributed by atoms with Gasteiger partial charge in [0.25, 0.3) is 0 Å². The van der Waals surface area contributed by atoms with Crippen molar-refractivity contribution in [2.24, 2.45) is 5.73 Å². The molecule has 8 heteroatoms. The van der Waals surface area contributed by atoms with Gasteiger partial charge in [-0.25, -0.2) is 8.78 Å². The summed E-state index contributed by atoms with van der Waals surface area (Å²) in [6.45, 7) is 11.3. The van der Waals surface area contributed by atoms with E-state index < -0.39 is 46.7 Å². The molecule has 2 aromatic carbocycles. The van der Waals surface area contributed by atoms with E-state index in [1.807, 2.05) is 31.7 Å². The van der Waals surface area contributed by atoms with Crippen molar-refractivity contribution >= 4 is 29.2 Å². The molecule has 1 saturated heterocycles. The zero-order chi connectivity index (χ0) is 26.3. The highest BCUT2D eigenvalue weighted by Gasteiger charge is 2.61. The molecule has 35 heavy (non-hydrogen) atoms. The maximum Gasteiger partial charge on any atom is 0.324 e. The van der Waals surface area contributed by atoms with E-state index in [4.69, 9.17) is 33.7 Å². The van der Waals surface area contributed by atoms with E-state index in [9.17, 15) is 4.79 Å². The Kier molecular flexibility index (Phi) is 8.02. The third-order valence-corrected chi connectivity index (χ3v) is 6.98. The lowest BCUT2D eigenvalue weighted by Crippen LogP contribution is -2.50. The molecule has 0 aliphatic carbocycles. The summed E-state index contributed by atoms with van der Waals surface area (Å²) in [4.78, 5) is 15.5. The topological polar surface area (TPSA) is 55.6 Å². The molecule has 2 N–H and O–H groups in total. The van der Waals surface area contributed by atoms with Crippen LogP contribution in [0.2, 0.25) is 10.0 Å². The Morgan fingerprint density at radius 1 is 1.20 bits per heavy atom. The number of halogens is 4. The molecule has 1 fully saturated rings. The van der Waals surface area contributed by atoms with Gasteiger partial charge < -0.3 is 10.5 Å². The molecule has 3 rings (SSSR count). The second kappa shape index (κ2) is 10.2. The molecule has 0 radical (unpaired) electrons. The van der Waals surface area contributed by atoms with E-state index in [1.54, 1.807) is 26.8 Å². The first-order valence-corrected chi connectivity index (χ1v) is 12.2. The van der Waals surface area contributed by atoms with Gasteiger partial charge in [0.2, 0.25) is 0 Å². The first kappa shape index (κ1) is 27.6. The van der Waals surface area contributed by atoms with E-state index in [0.717, 1.165) is 5.57 Å². The highest BCUT2D eigenvalue weighted by atomic mass is 35.5. The lowest BCUT2D eigenvalue weighted by Gasteiger charge is -2.37. The van der Waals surface area contributed by atoms with Crippen molar-refractivity contribution in [1.82, 2.24) is 4.90 Å². The molecule has 0 saturated carbocycles. The van der Waals surface area contributed by atoms with Gasteiger partial charge in [0.1, 0.15) is 23.3 Å². The zero-order valence-electron chi connectivity index (χ0n) is 20.8. The fourth-order valence-electron chi connectivity index (χ4n) is 4.84. The summed E-state index contributed by atoms with van der Waals surface area (Å²) >= 11 is 12.2. The van der Waals surface area contributed by atoms with Crippen molar-refractivity contribution in [1.29, 1.82) is 0 Å². The maximum atomic E-state index is 15.5. The van der Waals surface area contributed by atoms with Gasteiger partial charge in [-0.05, 0) is 65.3 Å². The molecule has 4 unspecified atom stereocenters. The summed E-state index contributed by atoms with van der Waals surface area (Å²) in [6.07, 6.45) is 1.95. The smallest absolute Gasteiger partial charge is 0.324 e. The summed E-state index contributed by atoms with van der Waals surface area (Å²) < 4.78 is 36.7. The standard InChI is InChI=1S/C27H32Cl2F2N2O2/c1-15(2)12-13-33-16(3)27(32,19-11-10-17(28)14-21(19)30)22(18-8-7-9-20(29)23(18)31)24(33)25(34)35-26(4,5)6/h7-12,14,16,22,24H,13,32H2,1-6H3. The SMILES string of the molecule is CC(C)=CCN1C(C(=O)OC(C)(C)C)C(c2cccc(Cl)c2F)C(N)(c2ccc(Cl)cc2F)C1C. The number of benzene rings is 2. The van der Waals surface area contributed by atoms with E-state index >= 15 is 8.78 Å². The van der Waals surface area contributed by atoms with Crippen LogP contribution in [0, 0.1) is 11.6 Å². The van der Waals surface area contributed by atoms with Crippen molar-refractivity contribution in [3.8, 4) is 0 Å². The van der Waals surface area contributed by atoms with Crippen LogP contribution in [0.25, 0.3) is 0 Å². The third-order valence-electron chi connectivity index (χ3n) is 6.45. The minimum absolute atomic E-state index is 0.111. The van der Waals surface area contributed by atoms with Gasteiger partial charge in [-0.2, -0.15) is 0 Å². The monoisotopic (exact) mass is 524 g/mol. The number of nitrogens with two attached hydrogens (primary N) is 1. The van der Waals surface area contributed by atoms with Crippen LogP contribution in [0.15, 0.2) is 48.0 Å². The Bertz CT molecular complexity index is 1140. The summed E-state index contributed by atoms with van der Waals surface area (Å²) in [5.41, 5.74) is 6.06. The van der Waals surface area contributed by atoms with Gasteiger partial charge in [-0.15, -0.1) is 0 Å². The highest BCUT2D eigenvalue weighted by molar-refractivity contribution is 6.31. The average Bonchev–Trinajstić information content (AvgIpc) is 2.95. The molecule has 2 aromatic rings. The van der Waals surface area contributed by atoms with Crippen LogP contribution in [0.5, 0.6) is 0 Å². The van der Waals surface area contributed by atoms with Gasteiger partial charge in [0, 0.05) is 29.1 Å². The quantitative estimate of drug-likeness (QED) is 0.354. The van der Waals surface area contributed by atoms with Crippen LogP contribution in [-0.2, 0) is 15.1 Å². The van der Waals surface area contributed by atoms with E-state index in [2.05, 4.69) is 0 Å². The highest BCUT2D eigenvalue weighted by Crippen LogP contribution is 2.52. The number of rotatable bonds is 5. The Morgan fingerprint density at radius 3 is 2.43 bits per heavy atom. The Hall–Kier alpha value is -1.99. The summed E-state index contributed by atoms with van der Waals surface area (Å²) in [6, 6.07) is 7.16. The van der Waals surface area contributed by atoms with Crippen molar-refractivity contribution < 1.29 is 18.3 Å². The number of hydrogen-bond acceptors (Lipinski definition) is 4. The van der Waals surface area contributed by atoms with Crippen LogP contribution < -0.4 is 5.73 Å². The molecule has 4 atom stereocenters. The number of nitrogens with zero attached hydrogens (tertiary/aromatic N) is 1. The van der Waals surface area contributed by atoms with Crippen LogP contribution in [0.1, 0.15) is 58.6 Å². The normalized spacial score (nSPS) is 24.9. The van der Waals surface area contributed by atoms with Crippen molar-refractivity contribution in [2.75, 3.05) is 6.54 Å². The molecule has 1 heterocycles. The van der Waals surface area contributed by atoms with E-state index in [1.165, 1.54) is 30.3 Å². The number of likely N-dealkylation sites (tertiary alicyclic amines) is 1. The molecule has 0 amide bonds. The zero-order valence-corrected chi connectivity index (χ0v) is 22.3. The molecular formula is C27H32Cl2F2N2O2. The van der Waals surface area contributed by atoms with Gasteiger partial charge in [-0.1, -0.05) is 53.1 Å². The number of allylic oxidation sites excluding steroid dienone is 1. The number of hydrogen-bond donors (Lipinski definition) is 1. The lowest BCUT2D eigenvalue weighted by molar-refractivity contribution is -0.161. The summed E-state index contributed by atoms with van der Waals surface area (Å²) in [5, 5.41) is 0.0934. The fourth-order valence-corrected chi connectivity index (χ4v) is 5.18. The van der Waals surface area contributed by atoms with Crippen LogP contribution in [-0.4, -0.2) is 35.1 Å². The predicted molar refractivity (Wildman–Crippen MR) is 137 cm³/mol. The van der Waals surface area contributed by atoms with Crippen molar-refractivity contribution in [3.63, 3.8) is 0 Å². The molecule has 1 aliphatic rings. The van der Waals surface area contributed by atoms with E-state index in [0.29, 0.717) is 6.54 Å². The Balaban J connectivity index is 2.34. The average molecular weight is 525 g/mol. The third kappa shape index (κ3) is 5.41. The molecule has 0 aromatic heterocycles. The van der Waals surface area contributed by atoms with E-state index in [-0.39, 0.29) is 21.2 Å². The predicted octanol–water partition coefficient (Wildman–Crippen LogP) is 6.59. The minimum atomic E-state index is -1.52.